The molecule has 2 aromatic rings. The molecule has 0 saturated heterocycles. The van der Waals surface area contributed by atoms with E-state index in [0.717, 1.165) is 18.6 Å². The van der Waals surface area contributed by atoms with E-state index in [4.69, 9.17) is 0 Å². The molecule has 116 valence electrons. The second-order valence-corrected chi connectivity index (χ2v) is 4.72. The first-order chi connectivity index (χ1) is 10.5. The molecule has 2 N–H and O–H groups in total. The van der Waals surface area contributed by atoms with E-state index in [-0.39, 0.29) is 23.2 Å². The Bertz CT molecular complexity index is 691. The lowest BCUT2D eigenvalue weighted by molar-refractivity contribution is 0.0948. The van der Waals surface area contributed by atoms with Gasteiger partial charge >= 0.3 is 0 Å². The number of carbonyl (C=O) groups excluding carboxylic acids is 1. The number of benzene rings is 1. The maximum absolute atomic E-state index is 13.6. The summed E-state index contributed by atoms with van der Waals surface area (Å²) in [7, 11) is 0. The van der Waals surface area contributed by atoms with Crippen LogP contribution in [0.4, 0.5) is 20.4 Å². The van der Waals surface area contributed by atoms with Crippen LogP contribution < -0.4 is 10.6 Å². The van der Waals surface area contributed by atoms with Crippen molar-refractivity contribution in [3.63, 3.8) is 0 Å². The molecule has 0 saturated carbocycles. The monoisotopic (exact) mass is 306 g/mol. The van der Waals surface area contributed by atoms with Gasteiger partial charge in [-0.3, -0.25) is 4.79 Å². The van der Waals surface area contributed by atoms with Crippen LogP contribution in [-0.4, -0.2) is 22.4 Å². The third kappa shape index (κ3) is 3.97. The topological polar surface area (TPSA) is 66.9 Å². The van der Waals surface area contributed by atoms with Gasteiger partial charge in [-0.25, -0.2) is 18.7 Å². The van der Waals surface area contributed by atoms with E-state index in [1.807, 2.05) is 6.92 Å². The lowest BCUT2D eigenvalue weighted by atomic mass is 10.3. The van der Waals surface area contributed by atoms with Gasteiger partial charge in [0.1, 0.15) is 17.3 Å². The summed E-state index contributed by atoms with van der Waals surface area (Å²) in [5.74, 6) is -1.68. The Morgan fingerprint density at radius 1 is 1.23 bits per heavy atom. The quantitative estimate of drug-likeness (QED) is 0.891. The van der Waals surface area contributed by atoms with E-state index in [0.29, 0.717) is 12.2 Å². The van der Waals surface area contributed by atoms with Crippen LogP contribution in [0.25, 0.3) is 0 Å². The first-order valence-corrected chi connectivity index (χ1v) is 6.85. The van der Waals surface area contributed by atoms with Crippen molar-refractivity contribution in [2.24, 2.45) is 0 Å². The molecule has 1 aromatic carbocycles. The Kier molecular flexibility index (Phi) is 4.98. The molecule has 0 aliphatic heterocycles. The number of rotatable bonds is 5. The van der Waals surface area contributed by atoms with Gasteiger partial charge in [0.2, 0.25) is 5.95 Å². The fraction of sp³-hybridized carbons (Fsp3) is 0.267. The number of hydrogen-bond donors (Lipinski definition) is 2. The Morgan fingerprint density at radius 3 is 2.68 bits per heavy atom. The largest absolute Gasteiger partial charge is 0.351 e. The molecule has 0 bridgehead atoms. The molecule has 1 aromatic heterocycles. The van der Waals surface area contributed by atoms with Crippen LogP contribution in [0.3, 0.4) is 0 Å². The molecule has 7 heteroatoms. The summed E-state index contributed by atoms with van der Waals surface area (Å²) in [5.41, 5.74) is 0.777. The number of hydrogen-bond acceptors (Lipinski definition) is 4. The second kappa shape index (κ2) is 6.93. The standard InChI is InChI=1S/C15H16F2N4O/c1-3-6-18-14(22)13-7-9(2)19-15(21-13)20-12-5-4-10(16)8-11(12)17/h4-5,7-8H,3,6H2,1-2H3,(H,18,22)(H,19,20,21). The molecule has 5 nitrogen and oxygen atoms in total. The van der Waals surface area contributed by atoms with Crippen LogP contribution in [0.15, 0.2) is 24.3 Å². The SMILES string of the molecule is CCCNC(=O)c1cc(C)nc(Nc2ccc(F)cc2F)n1. The van der Waals surface area contributed by atoms with Crippen molar-refractivity contribution in [2.45, 2.75) is 20.3 Å². The Hall–Kier alpha value is -2.57. The van der Waals surface area contributed by atoms with Gasteiger partial charge in [-0.05, 0) is 31.5 Å². The van der Waals surface area contributed by atoms with E-state index in [9.17, 15) is 13.6 Å². The minimum absolute atomic E-state index is 0.0342. The summed E-state index contributed by atoms with van der Waals surface area (Å²) in [5, 5.41) is 5.35. The highest BCUT2D eigenvalue weighted by Gasteiger charge is 2.11. The smallest absolute Gasteiger partial charge is 0.270 e. The maximum atomic E-state index is 13.6. The zero-order valence-corrected chi connectivity index (χ0v) is 12.3. The van der Waals surface area contributed by atoms with Crippen molar-refractivity contribution in [3.8, 4) is 0 Å². The van der Waals surface area contributed by atoms with Crippen LogP contribution in [0.1, 0.15) is 29.5 Å². The number of anilines is 2. The summed E-state index contributed by atoms with van der Waals surface area (Å²) < 4.78 is 26.5. The third-order valence-electron chi connectivity index (χ3n) is 2.80. The fourth-order valence-electron chi connectivity index (χ4n) is 1.78. The molecule has 1 amide bonds. The van der Waals surface area contributed by atoms with Crippen LogP contribution in [0, 0.1) is 18.6 Å². The summed E-state index contributed by atoms with van der Waals surface area (Å²) in [6.45, 7) is 4.18. The number of halogens is 2. The van der Waals surface area contributed by atoms with Crippen molar-refractivity contribution in [2.75, 3.05) is 11.9 Å². The lowest BCUT2D eigenvalue weighted by Gasteiger charge is -2.09. The first-order valence-electron chi connectivity index (χ1n) is 6.85. The van der Waals surface area contributed by atoms with Crippen molar-refractivity contribution in [1.29, 1.82) is 0 Å². The summed E-state index contributed by atoms with van der Waals surface area (Å²) >= 11 is 0. The van der Waals surface area contributed by atoms with Gasteiger partial charge in [0.05, 0.1) is 5.69 Å². The summed E-state index contributed by atoms with van der Waals surface area (Å²) in [4.78, 5) is 20.1. The average molecular weight is 306 g/mol. The fourth-order valence-corrected chi connectivity index (χ4v) is 1.78. The number of carbonyl (C=O) groups is 1. The highest BCUT2D eigenvalue weighted by atomic mass is 19.1. The zero-order chi connectivity index (χ0) is 16.1. The van der Waals surface area contributed by atoms with Crippen molar-refractivity contribution < 1.29 is 13.6 Å². The first kappa shape index (κ1) is 15.8. The van der Waals surface area contributed by atoms with Crippen LogP contribution in [0.2, 0.25) is 0 Å². The Labute approximate surface area is 126 Å². The van der Waals surface area contributed by atoms with E-state index < -0.39 is 11.6 Å². The van der Waals surface area contributed by atoms with Gasteiger partial charge in [0.15, 0.2) is 0 Å². The zero-order valence-electron chi connectivity index (χ0n) is 12.3. The van der Waals surface area contributed by atoms with Crippen LogP contribution in [-0.2, 0) is 0 Å². The second-order valence-electron chi connectivity index (χ2n) is 4.72. The number of amides is 1. The summed E-state index contributed by atoms with van der Waals surface area (Å²) in [6, 6.07) is 4.66. The van der Waals surface area contributed by atoms with Crippen molar-refractivity contribution in [1.82, 2.24) is 15.3 Å². The molecule has 0 radical (unpaired) electrons. The molecule has 2 rings (SSSR count). The minimum Gasteiger partial charge on any atom is -0.351 e. The van der Waals surface area contributed by atoms with Crippen molar-refractivity contribution >= 4 is 17.5 Å². The van der Waals surface area contributed by atoms with Gasteiger partial charge in [0, 0.05) is 18.3 Å². The molecular weight excluding hydrogens is 290 g/mol. The lowest BCUT2D eigenvalue weighted by Crippen LogP contribution is -2.25. The Morgan fingerprint density at radius 2 is 2.00 bits per heavy atom. The van der Waals surface area contributed by atoms with E-state index in [2.05, 4.69) is 20.6 Å². The maximum Gasteiger partial charge on any atom is 0.270 e. The third-order valence-corrected chi connectivity index (χ3v) is 2.80. The van der Waals surface area contributed by atoms with E-state index >= 15 is 0 Å². The highest BCUT2D eigenvalue weighted by molar-refractivity contribution is 5.92. The molecule has 1 heterocycles. The van der Waals surface area contributed by atoms with Crippen LogP contribution in [0.5, 0.6) is 0 Å². The molecule has 0 aliphatic rings. The van der Waals surface area contributed by atoms with Gasteiger partial charge in [-0.2, -0.15) is 0 Å². The van der Waals surface area contributed by atoms with Gasteiger partial charge in [0.25, 0.3) is 5.91 Å². The van der Waals surface area contributed by atoms with E-state index in [1.54, 1.807) is 6.92 Å². The van der Waals surface area contributed by atoms with Gasteiger partial charge in [-0.15, -0.1) is 0 Å². The molecule has 0 spiro atoms. The highest BCUT2D eigenvalue weighted by Crippen LogP contribution is 2.18. The van der Waals surface area contributed by atoms with Gasteiger partial charge < -0.3 is 10.6 Å². The summed E-state index contributed by atoms with van der Waals surface area (Å²) in [6.07, 6.45) is 0.807. The predicted octanol–water partition coefficient (Wildman–Crippen LogP) is 2.95. The van der Waals surface area contributed by atoms with Crippen molar-refractivity contribution in [3.05, 3.63) is 47.3 Å². The number of nitrogens with zero attached hydrogens (tertiary/aromatic N) is 2. The average Bonchev–Trinajstić information content (AvgIpc) is 2.47. The molecule has 0 fully saturated rings. The predicted molar refractivity (Wildman–Crippen MR) is 79.0 cm³/mol. The van der Waals surface area contributed by atoms with Gasteiger partial charge in [-0.1, -0.05) is 6.92 Å². The number of aryl methyl sites for hydroxylation is 1. The van der Waals surface area contributed by atoms with Crippen LogP contribution >= 0.6 is 0 Å². The molecule has 0 aliphatic carbocycles. The molecular formula is C15H16F2N4O. The Balaban J connectivity index is 2.24. The molecule has 0 unspecified atom stereocenters. The minimum atomic E-state index is -0.762. The number of nitrogens with one attached hydrogen (secondary N) is 2. The van der Waals surface area contributed by atoms with E-state index in [1.165, 1.54) is 12.1 Å². The molecule has 0 atom stereocenters. The number of aromatic nitrogens is 2. The normalized spacial score (nSPS) is 10.4. The molecule has 22 heavy (non-hydrogen) atoms.